The lowest BCUT2D eigenvalue weighted by molar-refractivity contribution is 0.322. The highest BCUT2D eigenvalue weighted by Crippen LogP contribution is 2.36. The third-order valence-electron chi connectivity index (χ3n) is 3.15. The Morgan fingerprint density at radius 1 is 1.21 bits per heavy atom. The topological polar surface area (TPSA) is 49.2 Å². The van der Waals surface area contributed by atoms with Crippen molar-refractivity contribution in [1.29, 1.82) is 5.26 Å². The van der Waals surface area contributed by atoms with Crippen LogP contribution in [-0.2, 0) is 0 Å². The highest BCUT2D eigenvalue weighted by Gasteiger charge is 2.19. The van der Waals surface area contributed by atoms with Gasteiger partial charge in [-0.3, -0.25) is 4.98 Å². The molecule has 1 aliphatic rings. The SMILES string of the molecule is N#Cc1ccncc1N1CCCOc2ccccc21. The molecule has 0 fully saturated rings. The number of para-hydroxylation sites is 2. The maximum absolute atomic E-state index is 9.23. The van der Waals surface area contributed by atoms with Gasteiger partial charge in [0.15, 0.2) is 0 Å². The van der Waals surface area contributed by atoms with Crippen molar-refractivity contribution in [2.75, 3.05) is 18.1 Å². The van der Waals surface area contributed by atoms with Gasteiger partial charge in [-0.05, 0) is 24.6 Å². The van der Waals surface area contributed by atoms with Gasteiger partial charge in [0.2, 0.25) is 0 Å². The molecule has 0 atom stereocenters. The van der Waals surface area contributed by atoms with Crippen LogP contribution in [0.1, 0.15) is 12.0 Å². The molecular weight excluding hydrogens is 238 g/mol. The lowest BCUT2D eigenvalue weighted by atomic mass is 10.2. The summed E-state index contributed by atoms with van der Waals surface area (Å²) in [4.78, 5) is 6.24. The third kappa shape index (κ3) is 2.11. The van der Waals surface area contributed by atoms with E-state index in [1.807, 2.05) is 24.3 Å². The minimum absolute atomic E-state index is 0.631. The second-order valence-electron chi connectivity index (χ2n) is 4.33. The van der Waals surface area contributed by atoms with Gasteiger partial charge in [-0.25, -0.2) is 0 Å². The first-order valence-electron chi connectivity index (χ1n) is 6.23. The average Bonchev–Trinajstić information content (AvgIpc) is 2.69. The number of fused-ring (bicyclic) bond motifs is 1. The monoisotopic (exact) mass is 251 g/mol. The number of anilines is 2. The number of benzene rings is 1. The van der Waals surface area contributed by atoms with Crippen LogP contribution in [-0.4, -0.2) is 18.1 Å². The summed E-state index contributed by atoms with van der Waals surface area (Å²) in [5.74, 6) is 0.854. The first-order chi connectivity index (χ1) is 9.40. The summed E-state index contributed by atoms with van der Waals surface area (Å²) in [6, 6.07) is 11.9. The fraction of sp³-hybridized carbons (Fsp3) is 0.200. The fourth-order valence-electron chi connectivity index (χ4n) is 2.27. The smallest absolute Gasteiger partial charge is 0.142 e. The molecule has 19 heavy (non-hydrogen) atoms. The number of ether oxygens (including phenoxy) is 1. The molecule has 0 saturated heterocycles. The molecule has 2 aromatic rings. The number of nitrogens with zero attached hydrogens (tertiary/aromatic N) is 3. The highest BCUT2D eigenvalue weighted by molar-refractivity contribution is 5.72. The Labute approximate surface area is 111 Å². The zero-order valence-corrected chi connectivity index (χ0v) is 10.4. The molecule has 0 radical (unpaired) electrons. The molecular formula is C15H13N3O. The average molecular weight is 251 g/mol. The van der Waals surface area contributed by atoms with Gasteiger partial charge in [0.1, 0.15) is 11.8 Å². The van der Waals surface area contributed by atoms with Crippen LogP contribution < -0.4 is 9.64 Å². The van der Waals surface area contributed by atoms with Gasteiger partial charge in [0.25, 0.3) is 0 Å². The fourth-order valence-corrected chi connectivity index (χ4v) is 2.27. The second kappa shape index (κ2) is 4.99. The van der Waals surface area contributed by atoms with Crippen molar-refractivity contribution >= 4 is 11.4 Å². The summed E-state index contributed by atoms with van der Waals surface area (Å²) >= 11 is 0. The molecule has 4 nitrogen and oxygen atoms in total. The zero-order valence-electron chi connectivity index (χ0n) is 10.4. The van der Waals surface area contributed by atoms with Crippen LogP contribution in [0.4, 0.5) is 11.4 Å². The van der Waals surface area contributed by atoms with E-state index in [0.717, 1.165) is 30.1 Å². The molecule has 0 aliphatic carbocycles. The van der Waals surface area contributed by atoms with Gasteiger partial charge < -0.3 is 9.64 Å². The van der Waals surface area contributed by atoms with Crippen LogP contribution in [0.2, 0.25) is 0 Å². The van der Waals surface area contributed by atoms with Crippen LogP contribution in [0.3, 0.4) is 0 Å². The van der Waals surface area contributed by atoms with E-state index in [4.69, 9.17) is 4.74 Å². The zero-order chi connectivity index (χ0) is 13.1. The Morgan fingerprint density at radius 3 is 3.00 bits per heavy atom. The van der Waals surface area contributed by atoms with E-state index in [1.165, 1.54) is 0 Å². The van der Waals surface area contributed by atoms with Gasteiger partial charge in [-0.2, -0.15) is 5.26 Å². The van der Waals surface area contributed by atoms with Crippen molar-refractivity contribution < 1.29 is 4.74 Å². The predicted octanol–water partition coefficient (Wildman–Crippen LogP) is 2.87. The Hall–Kier alpha value is -2.54. The van der Waals surface area contributed by atoms with Gasteiger partial charge in [-0.1, -0.05) is 12.1 Å². The van der Waals surface area contributed by atoms with E-state index in [1.54, 1.807) is 18.5 Å². The third-order valence-corrected chi connectivity index (χ3v) is 3.15. The minimum atomic E-state index is 0.631. The van der Waals surface area contributed by atoms with Gasteiger partial charge in [0, 0.05) is 12.7 Å². The Morgan fingerprint density at radius 2 is 2.11 bits per heavy atom. The summed E-state index contributed by atoms with van der Waals surface area (Å²) in [5.41, 5.74) is 2.46. The molecule has 1 aromatic heterocycles. The van der Waals surface area contributed by atoms with Crippen molar-refractivity contribution in [3.63, 3.8) is 0 Å². The molecule has 1 aromatic carbocycles. The quantitative estimate of drug-likeness (QED) is 0.782. The number of rotatable bonds is 1. The molecule has 1 aliphatic heterocycles. The van der Waals surface area contributed by atoms with Crippen LogP contribution in [0, 0.1) is 11.3 Å². The number of hydrogen-bond donors (Lipinski definition) is 0. The predicted molar refractivity (Wildman–Crippen MR) is 72.5 cm³/mol. The van der Waals surface area contributed by atoms with Crippen molar-refractivity contribution in [3.05, 3.63) is 48.3 Å². The number of nitriles is 1. The molecule has 0 amide bonds. The van der Waals surface area contributed by atoms with Gasteiger partial charge in [0.05, 0.1) is 29.7 Å². The normalized spacial score (nSPS) is 13.9. The highest BCUT2D eigenvalue weighted by atomic mass is 16.5. The van der Waals surface area contributed by atoms with Crippen molar-refractivity contribution in [2.24, 2.45) is 0 Å². The molecule has 4 heteroatoms. The lowest BCUT2D eigenvalue weighted by Gasteiger charge is -2.24. The minimum Gasteiger partial charge on any atom is -0.491 e. The van der Waals surface area contributed by atoms with E-state index in [2.05, 4.69) is 16.0 Å². The van der Waals surface area contributed by atoms with Crippen LogP contribution in [0.15, 0.2) is 42.7 Å². The van der Waals surface area contributed by atoms with Gasteiger partial charge in [-0.15, -0.1) is 0 Å². The van der Waals surface area contributed by atoms with E-state index in [0.29, 0.717) is 12.2 Å². The lowest BCUT2D eigenvalue weighted by Crippen LogP contribution is -2.18. The van der Waals surface area contributed by atoms with Crippen molar-refractivity contribution in [1.82, 2.24) is 4.98 Å². The Bertz CT molecular complexity index is 633. The standard InChI is InChI=1S/C15H13N3O/c16-10-12-6-7-17-11-14(12)18-8-3-9-19-15-5-2-1-4-13(15)18/h1-2,4-7,11H,3,8-9H2. The van der Waals surface area contributed by atoms with Crippen molar-refractivity contribution in [3.8, 4) is 11.8 Å². The van der Waals surface area contributed by atoms with E-state index >= 15 is 0 Å². The number of hydrogen-bond acceptors (Lipinski definition) is 4. The van der Waals surface area contributed by atoms with E-state index in [9.17, 15) is 5.26 Å². The van der Waals surface area contributed by atoms with Crippen LogP contribution in [0.25, 0.3) is 0 Å². The molecule has 0 saturated carbocycles. The Kier molecular flexibility index (Phi) is 3.03. The summed E-state index contributed by atoms with van der Waals surface area (Å²) in [5, 5.41) is 9.23. The van der Waals surface area contributed by atoms with E-state index in [-0.39, 0.29) is 0 Å². The van der Waals surface area contributed by atoms with E-state index < -0.39 is 0 Å². The van der Waals surface area contributed by atoms with Crippen LogP contribution in [0.5, 0.6) is 5.75 Å². The molecule has 94 valence electrons. The molecule has 0 spiro atoms. The first-order valence-corrected chi connectivity index (χ1v) is 6.23. The Balaban J connectivity index is 2.12. The maximum Gasteiger partial charge on any atom is 0.142 e. The number of aromatic nitrogens is 1. The van der Waals surface area contributed by atoms with Crippen molar-refractivity contribution in [2.45, 2.75) is 6.42 Å². The summed E-state index contributed by atoms with van der Waals surface area (Å²) in [7, 11) is 0. The maximum atomic E-state index is 9.23. The summed E-state index contributed by atoms with van der Waals surface area (Å²) in [6.07, 6.45) is 4.29. The van der Waals surface area contributed by atoms with Crippen LogP contribution >= 0.6 is 0 Å². The molecule has 0 bridgehead atoms. The molecule has 2 heterocycles. The molecule has 0 unspecified atom stereocenters. The summed E-state index contributed by atoms with van der Waals surface area (Å²) < 4.78 is 5.73. The second-order valence-corrected chi connectivity index (χ2v) is 4.33. The first kappa shape index (κ1) is 11.5. The molecule has 0 N–H and O–H groups in total. The molecule has 3 rings (SSSR count). The van der Waals surface area contributed by atoms with Gasteiger partial charge >= 0.3 is 0 Å². The number of pyridine rings is 1. The largest absolute Gasteiger partial charge is 0.491 e. The summed E-state index contributed by atoms with van der Waals surface area (Å²) in [6.45, 7) is 1.51.